The number of carbonyl (C=O) groups excluding carboxylic acids is 1. The number of methoxy groups -OCH3 is 2. The van der Waals surface area contributed by atoms with E-state index in [9.17, 15) is 19.8 Å². The van der Waals surface area contributed by atoms with Gasteiger partial charge in [-0.2, -0.15) is 0 Å². The molecule has 35 heavy (non-hydrogen) atoms. The maximum Gasteiger partial charge on any atom is 0.514 e. The van der Waals surface area contributed by atoms with E-state index in [0.29, 0.717) is 17.5 Å². The van der Waals surface area contributed by atoms with Crippen LogP contribution in [0.3, 0.4) is 0 Å². The van der Waals surface area contributed by atoms with Gasteiger partial charge in [0, 0.05) is 11.1 Å². The van der Waals surface area contributed by atoms with Crippen LogP contribution in [-0.4, -0.2) is 48.4 Å². The molecular formula is C26H42O9. The maximum atomic E-state index is 12.5. The van der Waals surface area contributed by atoms with Gasteiger partial charge in [0.15, 0.2) is 11.5 Å². The number of benzene rings is 1. The molecule has 0 aliphatic rings. The molecule has 0 saturated heterocycles. The third-order valence-corrected chi connectivity index (χ3v) is 5.41. The molecule has 0 aliphatic carbocycles. The molecule has 0 saturated carbocycles. The zero-order valence-electron chi connectivity index (χ0n) is 22.2. The molecule has 1 aromatic carbocycles. The Balaban J connectivity index is 3.08. The summed E-state index contributed by atoms with van der Waals surface area (Å²) >= 11 is 0. The van der Waals surface area contributed by atoms with Crippen molar-refractivity contribution in [2.24, 2.45) is 0 Å². The summed E-state index contributed by atoms with van der Waals surface area (Å²) in [6.07, 6.45) is 5.84. The average molecular weight is 499 g/mol. The van der Waals surface area contributed by atoms with Crippen molar-refractivity contribution >= 4 is 12.3 Å². The van der Waals surface area contributed by atoms with Gasteiger partial charge in [-0.25, -0.2) is 9.59 Å². The summed E-state index contributed by atoms with van der Waals surface area (Å²) in [7, 11) is 2.73. The van der Waals surface area contributed by atoms with Gasteiger partial charge in [0.05, 0.1) is 20.3 Å². The second-order valence-corrected chi connectivity index (χ2v) is 9.63. The van der Waals surface area contributed by atoms with Gasteiger partial charge >= 0.3 is 12.3 Å². The highest BCUT2D eigenvalue weighted by Crippen LogP contribution is 2.50. The Kier molecular flexibility index (Phi) is 12.7. The van der Waals surface area contributed by atoms with E-state index in [-0.39, 0.29) is 29.1 Å². The van der Waals surface area contributed by atoms with Crippen LogP contribution in [0.1, 0.15) is 90.2 Å². The van der Waals surface area contributed by atoms with Crippen LogP contribution in [0.2, 0.25) is 0 Å². The fourth-order valence-corrected chi connectivity index (χ4v) is 3.79. The molecule has 0 aliphatic heterocycles. The number of hydrogen-bond acceptors (Lipinski definition) is 8. The van der Waals surface area contributed by atoms with Crippen LogP contribution >= 0.6 is 0 Å². The molecule has 0 radical (unpaired) electrons. The number of unbranched alkanes of at least 4 members (excludes halogenated alkanes) is 6. The molecule has 9 nitrogen and oxygen atoms in total. The number of aliphatic hydroxyl groups is 1. The molecule has 0 fully saturated rings. The topological polar surface area (TPSA) is 121 Å². The summed E-state index contributed by atoms with van der Waals surface area (Å²) in [4.78, 5) is 23.8. The molecule has 200 valence electrons. The molecule has 0 bridgehead atoms. The zero-order chi connectivity index (χ0) is 26.6. The highest BCUT2D eigenvalue weighted by atomic mass is 16.7. The van der Waals surface area contributed by atoms with Crippen molar-refractivity contribution < 1.29 is 43.5 Å². The summed E-state index contributed by atoms with van der Waals surface area (Å²) in [5.41, 5.74) is 0.328. The predicted octanol–water partition coefficient (Wildman–Crippen LogP) is 6.43. The second-order valence-electron chi connectivity index (χ2n) is 9.63. The Morgan fingerprint density at radius 2 is 1.34 bits per heavy atom. The van der Waals surface area contributed by atoms with E-state index in [1.54, 1.807) is 27.7 Å². The van der Waals surface area contributed by atoms with Crippen molar-refractivity contribution in [2.75, 3.05) is 14.2 Å². The Morgan fingerprint density at radius 3 is 1.83 bits per heavy atom. The lowest BCUT2D eigenvalue weighted by Crippen LogP contribution is -2.26. The summed E-state index contributed by atoms with van der Waals surface area (Å²) in [6, 6.07) is 0. The van der Waals surface area contributed by atoms with Crippen molar-refractivity contribution in [3.63, 3.8) is 0 Å². The van der Waals surface area contributed by atoms with Gasteiger partial charge in [0.2, 0.25) is 11.5 Å². The van der Waals surface area contributed by atoms with Crippen LogP contribution in [0.4, 0.5) is 9.59 Å². The summed E-state index contributed by atoms with van der Waals surface area (Å²) in [6.45, 7) is 8.69. The van der Waals surface area contributed by atoms with E-state index in [1.165, 1.54) is 14.2 Å². The zero-order valence-corrected chi connectivity index (χ0v) is 22.2. The Bertz CT molecular complexity index is 825. The van der Waals surface area contributed by atoms with Crippen LogP contribution < -0.4 is 18.9 Å². The van der Waals surface area contributed by atoms with E-state index in [0.717, 1.165) is 51.4 Å². The molecule has 0 heterocycles. The van der Waals surface area contributed by atoms with Gasteiger partial charge in [-0.15, -0.1) is 0 Å². The molecule has 0 amide bonds. The molecule has 1 rings (SSSR count). The number of rotatable bonds is 14. The fraction of sp³-hybridized carbons (Fsp3) is 0.692. The van der Waals surface area contributed by atoms with Gasteiger partial charge in [0.25, 0.3) is 0 Å². The van der Waals surface area contributed by atoms with Gasteiger partial charge in [0.1, 0.15) is 5.60 Å². The SMILES string of the molecule is COc1c(OC(=O)O)c(C)c(CCCCCCCCCC(C)O)c(OC(=O)OC(C)(C)C)c1OC. The molecule has 0 aromatic heterocycles. The largest absolute Gasteiger partial charge is 0.514 e. The Labute approximate surface area is 208 Å². The first-order valence-electron chi connectivity index (χ1n) is 12.2. The number of hydrogen-bond donors (Lipinski definition) is 2. The summed E-state index contributed by atoms with van der Waals surface area (Å²) in [5, 5.41) is 18.6. The van der Waals surface area contributed by atoms with Gasteiger partial charge in [-0.1, -0.05) is 38.5 Å². The minimum Gasteiger partial charge on any atom is -0.490 e. The van der Waals surface area contributed by atoms with Gasteiger partial charge in [-0.3, -0.25) is 0 Å². The van der Waals surface area contributed by atoms with Crippen LogP contribution in [0.5, 0.6) is 23.0 Å². The molecular weight excluding hydrogens is 456 g/mol. The Morgan fingerprint density at radius 1 is 0.829 bits per heavy atom. The predicted molar refractivity (Wildman–Crippen MR) is 132 cm³/mol. The molecule has 1 atom stereocenters. The molecule has 1 unspecified atom stereocenters. The Hall–Kier alpha value is -2.68. The first kappa shape index (κ1) is 30.4. The lowest BCUT2D eigenvalue weighted by Gasteiger charge is -2.23. The van der Waals surface area contributed by atoms with E-state index < -0.39 is 17.9 Å². The number of carboxylic acid groups (broad SMARTS) is 1. The first-order valence-corrected chi connectivity index (χ1v) is 12.2. The highest BCUT2D eigenvalue weighted by molar-refractivity contribution is 5.75. The van der Waals surface area contributed by atoms with Crippen molar-refractivity contribution in [3.05, 3.63) is 11.1 Å². The number of ether oxygens (including phenoxy) is 5. The van der Waals surface area contributed by atoms with E-state index in [2.05, 4.69) is 0 Å². The van der Waals surface area contributed by atoms with E-state index in [4.69, 9.17) is 23.7 Å². The molecule has 0 spiro atoms. The van der Waals surface area contributed by atoms with E-state index >= 15 is 0 Å². The van der Waals surface area contributed by atoms with Crippen LogP contribution in [-0.2, 0) is 11.2 Å². The van der Waals surface area contributed by atoms with Crippen LogP contribution in [0, 0.1) is 6.92 Å². The normalized spacial score (nSPS) is 12.1. The molecule has 1 aromatic rings. The number of carbonyl (C=O) groups is 2. The monoisotopic (exact) mass is 498 g/mol. The standard InChI is InChI=1S/C26H42O9/c1-17(27)15-13-11-9-8-10-12-14-16-19-18(2)20(33-24(28)29)22(31-6)23(32-7)21(19)34-25(30)35-26(3,4)5/h17,27H,8-16H2,1-7H3,(H,28,29). The summed E-state index contributed by atoms with van der Waals surface area (Å²) < 4.78 is 26.7. The van der Waals surface area contributed by atoms with Crippen molar-refractivity contribution in [2.45, 2.75) is 104 Å². The lowest BCUT2D eigenvalue weighted by molar-refractivity contribution is 0.0197. The quantitative estimate of drug-likeness (QED) is 0.170. The van der Waals surface area contributed by atoms with Crippen molar-refractivity contribution in [3.8, 4) is 23.0 Å². The maximum absolute atomic E-state index is 12.5. The van der Waals surface area contributed by atoms with Crippen LogP contribution in [0.15, 0.2) is 0 Å². The van der Waals surface area contributed by atoms with Gasteiger partial charge in [-0.05, 0) is 53.9 Å². The van der Waals surface area contributed by atoms with Crippen LogP contribution in [0.25, 0.3) is 0 Å². The smallest absolute Gasteiger partial charge is 0.490 e. The van der Waals surface area contributed by atoms with E-state index in [1.807, 2.05) is 6.92 Å². The highest BCUT2D eigenvalue weighted by Gasteiger charge is 2.30. The third kappa shape index (κ3) is 10.6. The third-order valence-electron chi connectivity index (χ3n) is 5.41. The molecule has 9 heteroatoms. The number of aliphatic hydroxyl groups excluding tert-OH is 1. The second kappa shape index (κ2) is 14.7. The lowest BCUT2D eigenvalue weighted by atomic mass is 9.97. The fourth-order valence-electron chi connectivity index (χ4n) is 3.79. The minimum atomic E-state index is -1.49. The summed E-state index contributed by atoms with van der Waals surface area (Å²) in [5.74, 6) is 0.216. The van der Waals surface area contributed by atoms with Crippen molar-refractivity contribution in [1.82, 2.24) is 0 Å². The average Bonchev–Trinajstić information content (AvgIpc) is 2.73. The van der Waals surface area contributed by atoms with Gasteiger partial charge < -0.3 is 33.9 Å². The first-order chi connectivity index (χ1) is 16.4. The van der Waals surface area contributed by atoms with Crippen molar-refractivity contribution in [1.29, 1.82) is 0 Å². The molecule has 2 N–H and O–H groups in total. The minimum absolute atomic E-state index is 0.00139.